The van der Waals surface area contributed by atoms with Gasteiger partial charge in [0.05, 0.1) is 76.7 Å². The summed E-state index contributed by atoms with van der Waals surface area (Å²) in [7, 11) is 0. The monoisotopic (exact) mass is 1430 g/mol. The zero-order valence-corrected chi connectivity index (χ0v) is 64.5. The number of Topliss-reactive ketones (excluding diaryl/α,β-unsaturated/α-hetero) is 4. The van der Waals surface area contributed by atoms with Gasteiger partial charge in [0.25, 0.3) is 0 Å². The average molecular weight is 1430 g/mol. The van der Waals surface area contributed by atoms with Crippen molar-refractivity contribution >= 4 is 47.0 Å². The summed E-state index contributed by atoms with van der Waals surface area (Å²) in [5, 5.41) is 45.6. The van der Waals surface area contributed by atoms with Crippen LogP contribution < -0.4 is 20.4 Å². The Morgan fingerprint density at radius 1 is 0.227 bits per heavy atom. The van der Waals surface area contributed by atoms with Gasteiger partial charge in [-0.15, -0.1) is 0 Å². The van der Waals surface area contributed by atoms with E-state index < -0.39 is 94.6 Å². The Morgan fingerprint density at radius 2 is 0.340 bits per heavy atom. The number of carboxylic acid groups (broad SMARTS) is 4. The fourth-order valence-electron chi connectivity index (χ4n) is 8.48. The molecule has 0 rings (SSSR count). The van der Waals surface area contributed by atoms with Crippen LogP contribution in [-0.4, -0.2) is 174 Å². The summed E-state index contributed by atoms with van der Waals surface area (Å²) in [6, 6.07) is 0. The van der Waals surface area contributed by atoms with E-state index in [1.54, 1.807) is 27.7 Å². The molecule has 0 bridgehead atoms. The molecule has 0 aromatic rings. The van der Waals surface area contributed by atoms with E-state index >= 15 is 0 Å². The predicted octanol–water partition coefficient (Wildman–Crippen LogP) is 8.92. The third kappa shape index (κ3) is 43.4. The molecule has 0 amide bonds. The summed E-state index contributed by atoms with van der Waals surface area (Å²) in [4.78, 5) is 96.9. The molecule has 568 valence electrons. The zero-order valence-electron chi connectivity index (χ0n) is 62.9. The Balaban J connectivity index is -0.000000386. The Labute approximate surface area is 599 Å². The van der Waals surface area contributed by atoms with E-state index in [1.807, 2.05) is 83.1 Å². The Bertz CT molecular complexity index is 1660. The molecule has 0 aliphatic rings. The van der Waals surface area contributed by atoms with Crippen molar-refractivity contribution in [2.75, 3.05) is 79.3 Å². The van der Waals surface area contributed by atoms with Gasteiger partial charge >= 0.3 is 21.7 Å². The number of carbonyl (C=O) groups excluding carboxylic acids is 8. The number of aliphatic carboxylic acids is 4. The second-order valence-electron chi connectivity index (χ2n) is 23.2. The van der Waals surface area contributed by atoms with E-state index in [0.29, 0.717) is 78.5 Å². The van der Waals surface area contributed by atoms with Crippen LogP contribution in [0.4, 0.5) is 0 Å². The van der Waals surface area contributed by atoms with Crippen LogP contribution in [0.1, 0.15) is 291 Å². The van der Waals surface area contributed by atoms with Crippen molar-refractivity contribution in [3.63, 3.8) is 0 Å². The molecule has 97 heavy (non-hydrogen) atoms. The summed E-state index contributed by atoms with van der Waals surface area (Å²) < 4.78 is 66.8. The first kappa shape index (κ1) is 102. The van der Waals surface area contributed by atoms with Crippen LogP contribution in [0.15, 0.2) is 0 Å². The molecule has 0 aromatic carbocycles. The quantitative estimate of drug-likeness (QED) is 0.0237. The minimum Gasteiger partial charge on any atom is -0.547 e. The van der Waals surface area contributed by atoms with Crippen LogP contribution in [-0.2, 0) is 117 Å². The van der Waals surface area contributed by atoms with E-state index in [2.05, 4.69) is 0 Å². The Morgan fingerprint density at radius 3 is 0.433 bits per heavy atom. The van der Waals surface area contributed by atoms with E-state index in [9.17, 15) is 58.8 Å². The third-order valence-electron chi connectivity index (χ3n) is 15.0. The van der Waals surface area contributed by atoms with Crippen LogP contribution in [0.3, 0.4) is 0 Å². The maximum absolute atomic E-state index is 12.8. The summed E-state index contributed by atoms with van der Waals surface area (Å²) >= 11 is 0. The van der Waals surface area contributed by atoms with Gasteiger partial charge in [-0.1, -0.05) is 188 Å². The number of ketones is 4. The minimum absolute atomic E-state index is 0. The smallest absolute Gasteiger partial charge is 0.547 e. The second-order valence-corrected chi connectivity index (χ2v) is 23.2. The van der Waals surface area contributed by atoms with Crippen molar-refractivity contribution in [1.29, 1.82) is 0 Å². The molecule has 0 spiro atoms. The van der Waals surface area contributed by atoms with Gasteiger partial charge in [0, 0.05) is 52.1 Å². The molecule has 25 heteroatoms. The molecule has 0 N–H and O–H groups in total. The van der Waals surface area contributed by atoms with Crippen LogP contribution in [0.25, 0.3) is 0 Å². The van der Waals surface area contributed by atoms with Gasteiger partial charge in [0.2, 0.25) is 46.3 Å². The summed E-state index contributed by atoms with van der Waals surface area (Å²) in [5.74, 6) is -15.4. The molecule has 0 aromatic heterocycles. The van der Waals surface area contributed by atoms with Gasteiger partial charge in [-0.2, -0.15) is 0 Å². The van der Waals surface area contributed by atoms with Crippen molar-refractivity contribution in [1.82, 2.24) is 0 Å². The molecule has 0 saturated carbocycles. The van der Waals surface area contributed by atoms with Crippen LogP contribution in [0.5, 0.6) is 0 Å². The minimum atomic E-state index is -1.67. The normalized spacial score (nSPS) is 12.9. The van der Waals surface area contributed by atoms with Crippen molar-refractivity contribution in [2.45, 2.75) is 338 Å². The topological polar surface area (TPSA) is 340 Å². The summed E-state index contributed by atoms with van der Waals surface area (Å²) in [6.45, 7) is 34.3. The van der Waals surface area contributed by atoms with Crippen molar-refractivity contribution in [3.8, 4) is 0 Å². The van der Waals surface area contributed by atoms with Crippen molar-refractivity contribution < 1.29 is 137 Å². The molecule has 24 nitrogen and oxygen atoms in total. The number of carbonyl (C=O) groups is 8. The van der Waals surface area contributed by atoms with Crippen LogP contribution >= 0.6 is 0 Å². The Hall–Kier alpha value is -3.21. The number of unbranched alkanes of at least 4 members (excludes halogenated alkanes) is 12. The van der Waals surface area contributed by atoms with Crippen LogP contribution in [0.2, 0.25) is 0 Å². The summed E-state index contributed by atoms with van der Waals surface area (Å²) in [5.41, 5.74) is 0. The van der Waals surface area contributed by atoms with Gasteiger partial charge in [0.15, 0.2) is 24.4 Å². The van der Waals surface area contributed by atoms with Crippen molar-refractivity contribution in [2.24, 2.45) is 0 Å². The first-order valence-electron chi connectivity index (χ1n) is 36.5. The first-order valence-corrected chi connectivity index (χ1v) is 36.5. The summed E-state index contributed by atoms with van der Waals surface area (Å²) in [6.07, 6.45) is 13.6. The van der Waals surface area contributed by atoms with Crippen LogP contribution in [0, 0.1) is 0 Å². The number of carboxylic acids is 4. The van der Waals surface area contributed by atoms with Gasteiger partial charge < -0.3 is 96.4 Å². The van der Waals surface area contributed by atoms with E-state index in [0.717, 1.165) is 128 Å². The molecule has 0 radical (unpaired) electrons. The fourth-order valence-corrected chi connectivity index (χ4v) is 8.48. The molecular weight excluding hydrogens is 1300 g/mol. The van der Waals surface area contributed by atoms with E-state index in [-0.39, 0.29) is 73.8 Å². The van der Waals surface area contributed by atoms with Gasteiger partial charge in [-0.25, -0.2) is 0 Å². The third-order valence-corrected chi connectivity index (χ3v) is 15.0. The average Bonchev–Trinajstić information content (AvgIpc) is 0.851. The fraction of sp³-hybridized carbons (Fsp3) is 0.889. The molecule has 0 saturated heterocycles. The second kappa shape index (κ2) is 66.1. The SMILES string of the molecule is CCCCOC(C(=O)[O-])C(=O)C(CC)(OCCCC)OCCCC.CCCCOC(C(=O)[O-])C(=O)C(CC)(OCCCC)OCCCC.CCCCOC(C(=O)[O-])C(=O)C(CC)(OCCCC)OCCCC.CCCCOC(C(=O)[O-])C(=O)C(CC)(OCCCC)OCCCC.[Ti+4]. The molecular formula is C72H132O24Ti. The molecule has 4 unspecified atom stereocenters. The van der Waals surface area contributed by atoms with Gasteiger partial charge in [-0.05, 0) is 77.0 Å². The number of hydrogen-bond donors (Lipinski definition) is 0. The zero-order chi connectivity index (χ0) is 73.7. The number of ether oxygens (including phenoxy) is 12. The molecule has 0 heterocycles. The van der Waals surface area contributed by atoms with Gasteiger partial charge in [-0.3, -0.25) is 19.2 Å². The van der Waals surface area contributed by atoms with Gasteiger partial charge in [0.1, 0.15) is 0 Å². The largest absolute Gasteiger partial charge is 4.00 e. The molecule has 0 aliphatic heterocycles. The van der Waals surface area contributed by atoms with E-state index in [4.69, 9.17) is 56.8 Å². The Kier molecular flexibility index (Phi) is 69.8. The maximum Gasteiger partial charge on any atom is 4.00 e. The number of hydrogen-bond acceptors (Lipinski definition) is 24. The maximum atomic E-state index is 12.8. The predicted molar refractivity (Wildman–Crippen MR) is 358 cm³/mol. The molecule has 0 fully saturated rings. The molecule has 0 aliphatic carbocycles. The first-order chi connectivity index (χ1) is 45.9. The number of rotatable bonds is 64. The standard InChI is InChI=1S/4C18H34O6.Ti/c4*1-5-9-12-22-15(17(20)21)16(19)18(8-4,23-13-10-6-2)24-14-11-7-3;/h4*15H,5-14H2,1-4H3,(H,20,21);/q;;;;+4/p-4. The van der Waals surface area contributed by atoms with Crippen molar-refractivity contribution in [3.05, 3.63) is 0 Å². The van der Waals surface area contributed by atoms with E-state index in [1.165, 1.54) is 0 Å². The molecule has 4 atom stereocenters.